The van der Waals surface area contributed by atoms with Crippen LogP contribution >= 0.6 is 11.8 Å². The molecule has 1 aliphatic rings. The number of hydrogen-bond acceptors (Lipinski definition) is 4. The van der Waals surface area contributed by atoms with E-state index in [0.29, 0.717) is 41.6 Å². The second-order valence-corrected chi connectivity index (χ2v) is 8.23. The molecule has 0 spiro atoms. The molecule has 1 fully saturated rings. The molecular weight excluding hydrogens is 346 g/mol. The third kappa shape index (κ3) is 5.76. The molecule has 4 nitrogen and oxygen atoms in total. The molecule has 1 aromatic rings. The van der Waals surface area contributed by atoms with E-state index in [-0.39, 0.29) is 11.7 Å². The highest BCUT2D eigenvalue weighted by atomic mass is 32.2. The van der Waals surface area contributed by atoms with Crippen molar-refractivity contribution in [3.8, 4) is 5.75 Å². The molecule has 0 saturated heterocycles. The molecule has 3 unspecified atom stereocenters. The number of Topliss-reactive ketones (excluding diaryl/α,β-unsaturated/α-hetero) is 1. The first kappa shape index (κ1) is 20.8. The average Bonchev–Trinajstić information content (AvgIpc) is 2.60. The molecule has 0 heterocycles. The molecule has 0 aromatic heterocycles. The highest BCUT2D eigenvalue weighted by Gasteiger charge is 2.27. The predicted octanol–water partition coefficient (Wildman–Crippen LogP) is 4.46. The Labute approximate surface area is 161 Å². The number of thioether (sulfide) groups is 1. The Morgan fingerprint density at radius 3 is 2.73 bits per heavy atom. The molecule has 26 heavy (non-hydrogen) atoms. The van der Waals surface area contributed by atoms with Gasteiger partial charge in [-0.05, 0) is 50.3 Å². The van der Waals surface area contributed by atoms with E-state index < -0.39 is 0 Å². The largest absolute Gasteiger partial charge is 0.494 e. The lowest BCUT2D eigenvalue weighted by Gasteiger charge is -2.34. The van der Waals surface area contributed by atoms with Crippen LogP contribution in [0.4, 0.5) is 0 Å². The van der Waals surface area contributed by atoms with Gasteiger partial charge in [-0.2, -0.15) is 0 Å². The van der Waals surface area contributed by atoms with Gasteiger partial charge >= 0.3 is 0 Å². The molecule has 1 N–H and O–H groups in total. The summed E-state index contributed by atoms with van der Waals surface area (Å²) in [5.74, 6) is 3.21. The summed E-state index contributed by atoms with van der Waals surface area (Å²) in [6.07, 6.45) is 3.53. The van der Waals surface area contributed by atoms with Gasteiger partial charge < -0.3 is 10.1 Å². The van der Waals surface area contributed by atoms with E-state index in [1.807, 2.05) is 19.1 Å². The smallest absolute Gasteiger partial charge is 0.230 e. The Kier molecular flexibility index (Phi) is 8.01. The third-order valence-electron chi connectivity index (χ3n) is 5.31. The standard InChI is InChI=1S/C21H31NO3S/c1-5-25-20-10-9-17(16(4)23)11-18(20)12-26-13-21(24)22-19-8-6-7-14(2)15(19)3/h9-11,14-15,19H,5-8,12-13H2,1-4H3,(H,22,24). The van der Waals surface area contributed by atoms with Crippen molar-refractivity contribution in [2.24, 2.45) is 11.8 Å². The maximum atomic E-state index is 12.3. The monoisotopic (exact) mass is 377 g/mol. The summed E-state index contributed by atoms with van der Waals surface area (Å²) in [7, 11) is 0. The van der Waals surface area contributed by atoms with Crippen LogP contribution < -0.4 is 10.1 Å². The molecule has 3 atom stereocenters. The van der Waals surface area contributed by atoms with E-state index in [1.54, 1.807) is 24.8 Å². The second-order valence-electron chi connectivity index (χ2n) is 7.25. The molecule has 1 saturated carbocycles. The van der Waals surface area contributed by atoms with Crippen LogP contribution in [0.5, 0.6) is 5.75 Å². The Balaban J connectivity index is 1.89. The number of rotatable bonds is 8. The van der Waals surface area contributed by atoms with Crippen molar-refractivity contribution in [3.63, 3.8) is 0 Å². The number of ketones is 1. The van der Waals surface area contributed by atoms with Gasteiger partial charge in [-0.15, -0.1) is 11.8 Å². The topological polar surface area (TPSA) is 55.4 Å². The minimum atomic E-state index is 0.0393. The van der Waals surface area contributed by atoms with Crippen LogP contribution in [0.2, 0.25) is 0 Å². The molecule has 5 heteroatoms. The fourth-order valence-corrected chi connectivity index (χ4v) is 4.31. The van der Waals surface area contributed by atoms with Gasteiger partial charge in [-0.25, -0.2) is 0 Å². The number of benzene rings is 1. The third-order valence-corrected chi connectivity index (χ3v) is 6.29. The minimum Gasteiger partial charge on any atom is -0.494 e. The lowest BCUT2D eigenvalue weighted by Crippen LogP contribution is -2.44. The van der Waals surface area contributed by atoms with Gasteiger partial charge in [-0.3, -0.25) is 9.59 Å². The Bertz CT molecular complexity index is 632. The average molecular weight is 378 g/mol. The lowest BCUT2D eigenvalue weighted by molar-refractivity contribution is -0.120. The van der Waals surface area contributed by atoms with Crippen molar-refractivity contribution in [1.82, 2.24) is 5.32 Å². The number of carbonyl (C=O) groups is 2. The zero-order valence-corrected chi connectivity index (χ0v) is 17.2. The molecule has 1 aromatic carbocycles. The van der Waals surface area contributed by atoms with E-state index in [0.717, 1.165) is 17.7 Å². The summed E-state index contributed by atoms with van der Waals surface area (Å²) in [6, 6.07) is 5.82. The number of hydrogen-bond donors (Lipinski definition) is 1. The van der Waals surface area contributed by atoms with Crippen molar-refractivity contribution in [2.75, 3.05) is 12.4 Å². The number of ether oxygens (including phenoxy) is 1. The normalized spacial score (nSPS) is 22.7. The molecule has 1 amide bonds. The van der Waals surface area contributed by atoms with Crippen molar-refractivity contribution in [2.45, 2.75) is 58.8 Å². The Morgan fingerprint density at radius 1 is 1.27 bits per heavy atom. The maximum Gasteiger partial charge on any atom is 0.230 e. The van der Waals surface area contributed by atoms with Crippen molar-refractivity contribution in [3.05, 3.63) is 29.3 Å². The molecule has 0 aliphatic heterocycles. The summed E-state index contributed by atoms with van der Waals surface area (Å²) >= 11 is 1.56. The number of carbonyl (C=O) groups excluding carboxylic acids is 2. The maximum absolute atomic E-state index is 12.3. The van der Waals surface area contributed by atoms with E-state index in [9.17, 15) is 9.59 Å². The van der Waals surface area contributed by atoms with E-state index in [4.69, 9.17) is 4.74 Å². The number of nitrogens with one attached hydrogen (secondary N) is 1. The van der Waals surface area contributed by atoms with Gasteiger partial charge in [0.05, 0.1) is 12.4 Å². The van der Waals surface area contributed by atoms with Crippen molar-refractivity contribution in [1.29, 1.82) is 0 Å². The van der Waals surface area contributed by atoms with Gasteiger partial charge in [0, 0.05) is 22.9 Å². The van der Waals surface area contributed by atoms with Crippen LogP contribution in [0.15, 0.2) is 18.2 Å². The summed E-state index contributed by atoms with van der Waals surface area (Å²) in [5.41, 5.74) is 1.65. The van der Waals surface area contributed by atoms with Gasteiger partial charge in [0.1, 0.15) is 5.75 Å². The number of amides is 1. The predicted molar refractivity (Wildman–Crippen MR) is 108 cm³/mol. The second kappa shape index (κ2) is 10.0. The van der Waals surface area contributed by atoms with E-state index >= 15 is 0 Å². The van der Waals surface area contributed by atoms with Crippen LogP contribution in [-0.2, 0) is 10.5 Å². The van der Waals surface area contributed by atoms with Crippen LogP contribution in [0.25, 0.3) is 0 Å². The molecule has 144 valence electrons. The van der Waals surface area contributed by atoms with Crippen molar-refractivity contribution >= 4 is 23.5 Å². The zero-order chi connectivity index (χ0) is 19.1. The molecule has 2 rings (SSSR count). The van der Waals surface area contributed by atoms with Gasteiger partial charge in [-0.1, -0.05) is 26.7 Å². The summed E-state index contributed by atoms with van der Waals surface area (Å²) in [6.45, 7) is 8.59. The summed E-state index contributed by atoms with van der Waals surface area (Å²) in [5, 5.41) is 3.21. The fourth-order valence-electron chi connectivity index (χ4n) is 3.50. The highest BCUT2D eigenvalue weighted by Crippen LogP contribution is 2.30. The minimum absolute atomic E-state index is 0.0393. The van der Waals surface area contributed by atoms with E-state index in [2.05, 4.69) is 19.2 Å². The van der Waals surface area contributed by atoms with Crippen molar-refractivity contribution < 1.29 is 14.3 Å². The van der Waals surface area contributed by atoms with Crippen LogP contribution in [0, 0.1) is 11.8 Å². The first-order valence-corrected chi connectivity index (χ1v) is 10.7. The first-order chi connectivity index (χ1) is 12.4. The van der Waals surface area contributed by atoms with E-state index in [1.165, 1.54) is 12.8 Å². The van der Waals surface area contributed by atoms with Gasteiger partial charge in [0.2, 0.25) is 5.91 Å². The lowest BCUT2D eigenvalue weighted by atomic mass is 9.78. The molecule has 1 aliphatic carbocycles. The summed E-state index contributed by atoms with van der Waals surface area (Å²) < 4.78 is 5.65. The quantitative estimate of drug-likeness (QED) is 0.680. The molecule has 0 bridgehead atoms. The van der Waals surface area contributed by atoms with Gasteiger partial charge in [0.25, 0.3) is 0 Å². The van der Waals surface area contributed by atoms with Gasteiger partial charge in [0.15, 0.2) is 5.78 Å². The SMILES string of the molecule is CCOc1ccc(C(C)=O)cc1CSCC(=O)NC1CCCC(C)C1C. The fraction of sp³-hybridized carbons (Fsp3) is 0.619. The zero-order valence-electron chi connectivity index (χ0n) is 16.3. The summed E-state index contributed by atoms with van der Waals surface area (Å²) in [4.78, 5) is 23.9. The van der Waals surface area contributed by atoms with Crippen LogP contribution in [0.3, 0.4) is 0 Å². The Morgan fingerprint density at radius 2 is 2.04 bits per heavy atom. The Hall–Kier alpha value is -1.49. The highest BCUT2D eigenvalue weighted by molar-refractivity contribution is 7.99. The van der Waals surface area contributed by atoms with Crippen LogP contribution in [-0.4, -0.2) is 30.1 Å². The van der Waals surface area contributed by atoms with Crippen LogP contribution in [0.1, 0.15) is 62.9 Å². The molecule has 0 radical (unpaired) electrons. The molecular formula is C21H31NO3S. The first-order valence-electron chi connectivity index (χ1n) is 9.56.